The first kappa shape index (κ1) is 23.2. The molecule has 3 N–H and O–H groups in total. The number of carbonyl (C=O) groups is 2. The number of aromatic nitrogens is 6. The van der Waals surface area contributed by atoms with Crippen LogP contribution in [-0.2, 0) is 0 Å². The minimum Gasteiger partial charge on any atom is -0.477 e. The number of nitrogens with one attached hydrogen (secondary N) is 2. The normalized spacial score (nSPS) is 10.5. The largest absolute Gasteiger partial charge is 0.477 e. The number of ether oxygens (including phenoxy) is 2. The summed E-state index contributed by atoms with van der Waals surface area (Å²) in [5.41, 5.74) is 2.72. The number of H-pyrrole nitrogens is 2. The fourth-order valence-corrected chi connectivity index (χ4v) is 3.39. The summed E-state index contributed by atoms with van der Waals surface area (Å²) in [6, 6.07) is 21.5. The molecule has 0 fully saturated rings. The zero-order chi connectivity index (χ0) is 25.6. The van der Waals surface area contributed by atoms with Crippen LogP contribution in [0, 0.1) is 0 Å². The average Bonchev–Trinajstić information content (AvgIpc) is 3.56. The number of carboxylic acid groups (broad SMARTS) is 1. The van der Waals surface area contributed by atoms with Crippen LogP contribution < -0.4 is 9.47 Å². The van der Waals surface area contributed by atoms with Crippen molar-refractivity contribution in [2.75, 3.05) is 0 Å². The zero-order valence-electron chi connectivity index (χ0n) is 19.0. The molecule has 0 amide bonds. The van der Waals surface area contributed by atoms with Gasteiger partial charge in [-0.2, -0.15) is 9.97 Å². The highest BCUT2D eigenvalue weighted by Gasteiger charge is 2.13. The Hall–Kier alpha value is -5.58. The molecule has 6 aromatic rings. The van der Waals surface area contributed by atoms with E-state index in [0.717, 1.165) is 6.29 Å². The van der Waals surface area contributed by atoms with Crippen molar-refractivity contribution in [1.29, 1.82) is 0 Å². The van der Waals surface area contributed by atoms with Gasteiger partial charge in [0.1, 0.15) is 40.9 Å². The van der Waals surface area contributed by atoms with Crippen molar-refractivity contribution in [2.45, 2.75) is 0 Å². The van der Waals surface area contributed by atoms with Gasteiger partial charge in [-0.3, -0.25) is 4.79 Å². The maximum Gasteiger partial charge on any atom is 0.352 e. The topological polar surface area (TPSA) is 156 Å². The van der Waals surface area contributed by atoms with Gasteiger partial charge in [-0.15, -0.1) is 0 Å². The second-order valence-electron chi connectivity index (χ2n) is 7.54. The summed E-state index contributed by atoms with van der Waals surface area (Å²) in [6.45, 7) is 0. The van der Waals surface area contributed by atoms with Crippen LogP contribution in [0.25, 0.3) is 22.1 Å². The van der Waals surface area contributed by atoms with E-state index >= 15 is 0 Å². The lowest BCUT2D eigenvalue weighted by Crippen LogP contribution is -1.95. The first-order valence-corrected chi connectivity index (χ1v) is 10.9. The van der Waals surface area contributed by atoms with Crippen LogP contribution >= 0.6 is 0 Å². The molecule has 0 atom stereocenters. The number of hydrogen-bond donors (Lipinski definition) is 3. The number of carboxylic acids is 1. The molecular weight excluding hydrogens is 476 g/mol. The van der Waals surface area contributed by atoms with E-state index in [2.05, 4.69) is 29.9 Å². The summed E-state index contributed by atoms with van der Waals surface area (Å²) < 4.78 is 11.3. The summed E-state index contributed by atoms with van der Waals surface area (Å²) >= 11 is 0. The highest BCUT2D eigenvalue weighted by atomic mass is 16.5. The molecule has 6 rings (SSSR count). The van der Waals surface area contributed by atoms with Gasteiger partial charge >= 0.3 is 5.97 Å². The minimum atomic E-state index is -1.05. The lowest BCUT2D eigenvalue weighted by atomic mass is 10.3. The third-order valence-corrected chi connectivity index (χ3v) is 5.06. The standard InChI is InChI=1S/C13H9N3O3.C13H9N3O2/c17-13(18)10-6-9-11(16-10)12(15-7-14-9)19-8-4-2-1-3-5-8;17-7-9-6-11-12(16-9)13(15-8-14-11)18-10-4-2-1-3-5-10/h1-7,16H,(H,17,18);1-8,16H. The van der Waals surface area contributed by atoms with Crippen LogP contribution in [0.5, 0.6) is 23.3 Å². The number of nitrogens with zero attached hydrogens (tertiary/aromatic N) is 4. The fourth-order valence-electron chi connectivity index (χ4n) is 3.39. The van der Waals surface area contributed by atoms with Gasteiger partial charge < -0.3 is 24.5 Å². The van der Waals surface area contributed by atoms with E-state index in [4.69, 9.17) is 14.6 Å². The molecule has 0 saturated carbocycles. The number of fused-ring (bicyclic) bond motifs is 2. The smallest absolute Gasteiger partial charge is 0.352 e. The van der Waals surface area contributed by atoms with E-state index in [1.165, 1.54) is 18.7 Å². The van der Waals surface area contributed by atoms with E-state index in [-0.39, 0.29) is 5.69 Å². The van der Waals surface area contributed by atoms with Crippen molar-refractivity contribution in [3.8, 4) is 23.3 Å². The molecule has 11 heteroatoms. The van der Waals surface area contributed by atoms with Crippen molar-refractivity contribution >= 4 is 34.3 Å². The molecule has 0 aliphatic rings. The Bertz CT molecular complexity index is 1680. The lowest BCUT2D eigenvalue weighted by molar-refractivity contribution is 0.0691. The van der Waals surface area contributed by atoms with Crippen LogP contribution in [0.1, 0.15) is 21.0 Å². The van der Waals surface area contributed by atoms with E-state index < -0.39 is 5.97 Å². The number of hydrogen-bond acceptors (Lipinski definition) is 8. The van der Waals surface area contributed by atoms with Crippen LogP contribution in [0.2, 0.25) is 0 Å². The number of aromatic carboxylic acids is 1. The fraction of sp³-hybridized carbons (Fsp3) is 0. The van der Waals surface area contributed by atoms with E-state index in [9.17, 15) is 9.59 Å². The highest BCUT2D eigenvalue weighted by molar-refractivity contribution is 5.93. The zero-order valence-corrected chi connectivity index (χ0v) is 19.0. The third-order valence-electron chi connectivity index (χ3n) is 5.06. The van der Waals surface area contributed by atoms with Crippen LogP contribution in [0.3, 0.4) is 0 Å². The Labute approximate surface area is 208 Å². The quantitative estimate of drug-likeness (QED) is 0.271. The Kier molecular flexibility index (Phi) is 6.49. The molecule has 4 aromatic heterocycles. The van der Waals surface area contributed by atoms with Crippen molar-refractivity contribution in [3.05, 3.63) is 96.8 Å². The van der Waals surface area contributed by atoms with Gasteiger partial charge in [0.2, 0.25) is 11.8 Å². The molecule has 0 aliphatic heterocycles. The predicted octanol–water partition coefficient (Wildman–Crippen LogP) is 5.01. The van der Waals surface area contributed by atoms with Crippen LogP contribution in [0.15, 0.2) is 85.5 Å². The monoisotopic (exact) mass is 494 g/mol. The second-order valence-corrected chi connectivity index (χ2v) is 7.54. The Balaban J connectivity index is 0.000000152. The Morgan fingerprint density at radius 2 is 1.24 bits per heavy atom. The number of aromatic amines is 2. The lowest BCUT2D eigenvalue weighted by Gasteiger charge is -2.04. The first-order chi connectivity index (χ1) is 18.1. The van der Waals surface area contributed by atoms with Gasteiger partial charge in [-0.05, 0) is 36.4 Å². The molecule has 0 radical (unpaired) electrons. The summed E-state index contributed by atoms with van der Waals surface area (Å²) in [7, 11) is 0. The van der Waals surface area contributed by atoms with Crippen molar-refractivity contribution in [3.63, 3.8) is 0 Å². The Morgan fingerprint density at radius 3 is 1.76 bits per heavy atom. The minimum absolute atomic E-state index is 0.0495. The average molecular weight is 494 g/mol. The van der Waals surface area contributed by atoms with Gasteiger partial charge in [-0.1, -0.05) is 36.4 Å². The van der Waals surface area contributed by atoms with Crippen molar-refractivity contribution < 1.29 is 24.2 Å². The molecule has 182 valence electrons. The molecule has 0 unspecified atom stereocenters. The first-order valence-electron chi connectivity index (χ1n) is 10.9. The molecule has 37 heavy (non-hydrogen) atoms. The van der Waals surface area contributed by atoms with Crippen molar-refractivity contribution in [1.82, 2.24) is 29.9 Å². The van der Waals surface area contributed by atoms with Gasteiger partial charge in [-0.25, -0.2) is 14.8 Å². The van der Waals surface area contributed by atoms with Gasteiger partial charge in [0, 0.05) is 0 Å². The van der Waals surface area contributed by atoms with E-state index in [1.807, 2.05) is 48.5 Å². The second kappa shape index (κ2) is 10.4. The SMILES string of the molecule is O=C(O)c1cc2ncnc(Oc3ccccc3)c2[nH]1.O=Cc1cc2ncnc(Oc3ccccc3)c2[nH]1. The number of carbonyl (C=O) groups excluding carboxylic acids is 1. The molecular formula is C26H18N6O5. The maximum atomic E-state index is 10.9. The van der Waals surface area contributed by atoms with Gasteiger partial charge in [0.05, 0.1) is 16.7 Å². The Morgan fingerprint density at radius 1 is 0.730 bits per heavy atom. The molecule has 4 heterocycles. The number of benzene rings is 2. The van der Waals surface area contributed by atoms with E-state index in [1.54, 1.807) is 18.2 Å². The number of aldehydes is 1. The number of para-hydroxylation sites is 2. The van der Waals surface area contributed by atoms with Gasteiger partial charge in [0.25, 0.3) is 0 Å². The number of rotatable bonds is 6. The third kappa shape index (κ3) is 5.25. The molecule has 0 aliphatic carbocycles. The summed E-state index contributed by atoms with van der Waals surface area (Å²) in [5.74, 6) is 0.945. The maximum absolute atomic E-state index is 10.9. The molecule has 0 spiro atoms. The molecule has 11 nitrogen and oxygen atoms in total. The summed E-state index contributed by atoms with van der Waals surface area (Å²) in [5, 5.41) is 8.95. The van der Waals surface area contributed by atoms with E-state index in [0.29, 0.717) is 51.0 Å². The predicted molar refractivity (Wildman–Crippen MR) is 133 cm³/mol. The van der Waals surface area contributed by atoms with Crippen LogP contribution in [0.4, 0.5) is 0 Å². The van der Waals surface area contributed by atoms with Crippen LogP contribution in [-0.4, -0.2) is 47.3 Å². The summed E-state index contributed by atoms with van der Waals surface area (Å²) in [6.07, 6.45) is 3.47. The highest BCUT2D eigenvalue weighted by Crippen LogP contribution is 2.27. The molecule has 0 saturated heterocycles. The molecule has 0 bridgehead atoms. The van der Waals surface area contributed by atoms with Crippen molar-refractivity contribution in [2.24, 2.45) is 0 Å². The van der Waals surface area contributed by atoms with Gasteiger partial charge in [0.15, 0.2) is 6.29 Å². The summed E-state index contributed by atoms with van der Waals surface area (Å²) in [4.78, 5) is 43.5. The molecule has 2 aromatic carbocycles.